The molecule has 2 aromatic heterocycles. The van der Waals surface area contributed by atoms with Crippen LogP contribution >= 0.6 is 23.2 Å². The van der Waals surface area contributed by atoms with E-state index in [0.717, 1.165) is 71.2 Å². The number of benzene rings is 2. The van der Waals surface area contributed by atoms with Crippen LogP contribution in [0.15, 0.2) is 54.6 Å². The minimum absolute atomic E-state index is 0.0991. The minimum atomic E-state index is -0.768. The number of aromatic nitrogens is 2. The molecule has 2 aromatic carbocycles. The summed E-state index contributed by atoms with van der Waals surface area (Å²) in [5.74, 6) is 0.127. The van der Waals surface area contributed by atoms with Crippen molar-refractivity contribution in [2.45, 2.75) is 76.7 Å². The van der Waals surface area contributed by atoms with E-state index >= 15 is 0 Å². The van der Waals surface area contributed by atoms with Crippen molar-refractivity contribution in [1.29, 1.82) is 0 Å². The lowest BCUT2D eigenvalue weighted by Crippen LogP contribution is -2.45. The van der Waals surface area contributed by atoms with E-state index in [4.69, 9.17) is 47.4 Å². The van der Waals surface area contributed by atoms with Gasteiger partial charge >= 0.3 is 5.97 Å². The van der Waals surface area contributed by atoms with Gasteiger partial charge in [0, 0.05) is 60.4 Å². The molecule has 1 amide bonds. The number of pyridine rings is 2. The Hall–Kier alpha value is -4.42. The third kappa shape index (κ3) is 7.86. The number of aliphatic carboxylic acids is 1. The van der Waals surface area contributed by atoms with E-state index in [1.165, 1.54) is 0 Å². The molecule has 2 aliphatic heterocycles. The zero-order valence-corrected chi connectivity index (χ0v) is 32.2. The lowest BCUT2D eigenvalue weighted by molar-refractivity contribution is -0.145. The zero-order valence-electron chi connectivity index (χ0n) is 30.7. The second-order valence-electron chi connectivity index (χ2n) is 14.2. The normalized spacial score (nSPS) is 21.1. The summed E-state index contributed by atoms with van der Waals surface area (Å²) >= 11 is 14.0. The summed E-state index contributed by atoms with van der Waals surface area (Å²) in [5, 5.41) is 17.0. The van der Waals surface area contributed by atoms with Crippen LogP contribution in [0.25, 0.3) is 22.4 Å². The molecule has 1 aliphatic carbocycles. The third-order valence-electron chi connectivity index (χ3n) is 10.9. The maximum absolute atomic E-state index is 11.8. The number of ether oxygens (including phenoxy) is 3. The smallest absolute Gasteiger partial charge is 0.308 e. The van der Waals surface area contributed by atoms with Crippen molar-refractivity contribution in [3.63, 3.8) is 0 Å². The van der Waals surface area contributed by atoms with Gasteiger partial charge in [-0.25, -0.2) is 4.98 Å². The Morgan fingerprint density at radius 3 is 2.46 bits per heavy atom. The van der Waals surface area contributed by atoms with Crippen LogP contribution in [0.2, 0.25) is 10.0 Å². The van der Waals surface area contributed by atoms with Crippen molar-refractivity contribution < 1.29 is 28.9 Å². The first kappa shape index (κ1) is 37.9. The van der Waals surface area contributed by atoms with Gasteiger partial charge in [-0.3, -0.25) is 14.5 Å². The van der Waals surface area contributed by atoms with Crippen molar-refractivity contribution in [2.24, 2.45) is 5.92 Å². The van der Waals surface area contributed by atoms with E-state index in [1.807, 2.05) is 49.4 Å². The molecular formula is C41H45Cl2N5O6. The topological polar surface area (TPSA) is 135 Å². The molecule has 2 fully saturated rings. The summed E-state index contributed by atoms with van der Waals surface area (Å²) in [5.41, 5.74) is 7.32. The first-order valence-electron chi connectivity index (χ1n) is 18.5. The number of carbonyl (C=O) groups excluding carboxylic acids is 1. The fourth-order valence-electron chi connectivity index (χ4n) is 8.06. The fraction of sp³-hybridized carbons (Fsp3) is 0.415. The number of nitrogens with zero attached hydrogens (tertiary/aromatic N) is 3. The number of fused-ring (bicyclic) bond motifs is 1. The Bertz CT molecular complexity index is 2050. The molecule has 4 atom stereocenters. The Morgan fingerprint density at radius 1 is 0.944 bits per heavy atom. The molecule has 13 heteroatoms. The summed E-state index contributed by atoms with van der Waals surface area (Å²) in [6.45, 7) is 4.46. The molecule has 54 heavy (non-hydrogen) atoms. The summed E-state index contributed by atoms with van der Waals surface area (Å²) in [7, 11) is 3.17. The van der Waals surface area contributed by atoms with Crippen molar-refractivity contribution >= 4 is 35.1 Å². The number of hydrogen-bond acceptors (Lipinski definition) is 9. The Morgan fingerprint density at radius 2 is 1.70 bits per heavy atom. The second-order valence-corrected chi connectivity index (χ2v) is 15.0. The Kier molecular flexibility index (Phi) is 11.6. The van der Waals surface area contributed by atoms with Crippen LogP contribution in [0.3, 0.4) is 0 Å². The number of piperidine rings is 1. The molecule has 4 heterocycles. The van der Waals surface area contributed by atoms with Gasteiger partial charge in [-0.05, 0) is 74.4 Å². The quantitative estimate of drug-likeness (QED) is 0.128. The van der Waals surface area contributed by atoms with E-state index < -0.39 is 11.9 Å². The van der Waals surface area contributed by atoms with Crippen LogP contribution in [-0.4, -0.2) is 71.2 Å². The summed E-state index contributed by atoms with van der Waals surface area (Å²) < 4.78 is 17.9. The predicted octanol–water partition coefficient (Wildman–Crippen LogP) is 7.25. The van der Waals surface area contributed by atoms with Gasteiger partial charge in [0.15, 0.2) is 0 Å². The van der Waals surface area contributed by atoms with E-state index in [2.05, 4.69) is 27.7 Å². The lowest BCUT2D eigenvalue weighted by atomic mass is 9.90. The van der Waals surface area contributed by atoms with Crippen LogP contribution in [-0.2, 0) is 29.1 Å². The SMILES string of the molecule is COc1nc(-c2cccc(-c3cccc4c3CC[C@@H]4Oc3nc(OC)c(CN4CCC[C@H](C(=O)O)[C@@H]4C)cc3Cl)c2Cl)ccc1CNC[C@@H]1CCC(=O)N1. The van der Waals surface area contributed by atoms with Gasteiger partial charge in [-0.1, -0.05) is 65.7 Å². The zero-order chi connectivity index (χ0) is 37.9. The predicted molar refractivity (Wildman–Crippen MR) is 207 cm³/mol. The fourth-order valence-corrected chi connectivity index (χ4v) is 8.60. The number of rotatable bonds is 13. The largest absolute Gasteiger partial charge is 0.481 e. The van der Waals surface area contributed by atoms with Crippen LogP contribution in [0.4, 0.5) is 0 Å². The summed E-state index contributed by atoms with van der Waals surface area (Å²) in [4.78, 5) is 35.0. The van der Waals surface area contributed by atoms with Gasteiger partial charge in [0.05, 0.1) is 30.9 Å². The van der Waals surface area contributed by atoms with Gasteiger partial charge in [0.2, 0.25) is 23.5 Å². The highest BCUT2D eigenvalue weighted by Gasteiger charge is 2.34. The van der Waals surface area contributed by atoms with Crippen molar-refractivity contribution in [3.8, 4) is 40.0 Å². The molecule has 2 saturated heterocycles. The average Bonchev–Trinajstić information content (AvgIpc) is 3.79. The Balaban J connectivity index is 1.08. The number of nitrogens with one attached hydrogen (secondary N) is 2. The molecule has 0 radical (unpaired) electrons. The lowest BCUT2D eigenvalue weighted by Gasteiger charge is -2.37. The molecule has 3 N–H and O–H groups in total. The number of halogens is 2. The number of amides is 1. The first-order valence-corrected chi connectivity index (χ1v) is 19.2. The molecule has 4 aromatic rings. The highest BCUT2D eigenvalue weighted by Crippen LogP contribution is 2.45. The second kappa shape index (κ2) is 16.5. The number of hydrogen-bond donors (Lipinski definition) is 3. The number of methoxy groups -OCH3 is 2. The van der Waals surface area contributed by atoms with Crippen molar-refractivity contribution in [3.05, 3.63) is 86.9 Å². The number of likely N-dealkylation sites (tertiary alicyclic amines) is 1. The van der Waals surface area contributed by atoms with Crippen molar-refractivity contribution in [2.75, 3.05) is 27.3 Å². The molecule has 0 bridgehead atoms. The number of carboxylic acids is 1. The minimum Gasteiger partial charge on any atom is -0.481 e. The van der Waals surface area contributed by atoms with E-state index in [0.29, 0.717) is 65.9 Å². The Labute approximate surface area is 325 Å². The average molecular weight is 775 g/mol. The highest BCUT2D eigenvalue weighted by molar-refractivity contribution is 6.36. The van der Waals surface area contributed by atoms with E-state index in [-0.39, 0.29) is 24.1 Å². The number of carbonyl (C=O) groups is 2. The summed E-state index contributed by atoms with van der Waals surface area (Å²) in [6, 6.07) is 17.9. The van der Waals surface area contributed by atoms with Crippen molar-refractivity contribution in [1.82, 2.24) is 25.5 Å². The molecule has 7 rings (SSSR count). The van der Waals surface area contributed by atoms with E-state index in [9.17, 15) is 14.7 Å². The van der Waals surface area contributed by atoms with E-state index in [1.54, 1.807) is 14.2 Å². The molecule has 0 unspecified atom stereocenters. The van der Waals surface area contributed by atoms with Crippen LogP contribution < -0.4 is 24.8 Å². The molecule has 0 saturated carbocycles. The van der Waals surface area contributed by atoms with Crippen LogP contribution in [0, 0.1) is 5.92 Å². The third-order valence-corrected chi connectivity index (χ3v) is 11.6. The van der Waals surface area contributed by atoms with Gasteiger partial charge in [-0.2, -0.15) is 4.98 Å². The molecule has 3 aliphatic rings. The van der Waals surface area contributed by atoms with Crippen LogP contribution in [0.1, 0.15) is 67.4 Å². The summed E-state index contributed by atoms with van der Waals surface area (Å²) in [6.07, 6.45) is 4.11. The van der Waals surface area contributed by atoms with Gasteiger partial charge < -0.3 is 30.0 Å². The maximum atomic E-state index is 11.8. The molecule has 11 nitrogen and oxygen atoms in total. The number of carboxylic acid groups (broad SMARTS) is 1. The molecular weight excluding hydrogens is 729 g/mol. The monoisotopic (exact) mass is 773 g/mol. The van der Waals surface area contributed by atoms with Crippen LogP contribution in [0.5, 0.6) is 17.6 Å². The maximum Gasteiger partial charge on any atom is 0.308 e. The first-order chi connectivity index (χ1) is 26.1. The van der Waals surface area contributed by atoms with Gasteiger partial charge in [-0.15, -0.1) is 0 Å². The highest BCUT2D eigenvalue weighted by atomic mass is 35.5. The van der Waals surface area contributed by atoms with Gasteiger partial charge in [0.1, 0.15) is 11.1 Å². The molecule has 284 valence electrons. The molecule has 0 spiro atoms. The standard InChI is InChI=1S/C41H45Cl2N5O6/c1-23-27(41(50)51)11-6-18-48(23)22-25-19-33(42)40(47-39(25)53-3)54-35-16-14-29-28(7-4-8-30(29)35)31-9-5-10-32(37(31)43)34-15-12-24(38(46-34)52-2)20-44-21-26-13-17-36(49)45-26/h4-5,7-10,12,15,19,23,26-27,35,44H,6,11,13-14,16-18,20-22H2,1-3H3,(H,45,49)(H,50,51)/t23-,26-,27-,35-/m0/s1. The van der Waals surface area contributed by atoms with Gasteiger partial charge in [0.25, 0.3) is 0 Å².